The second kappa shape index (κ2) is 8.82. The number of amides is 1. The molecule has 1 aromatic heterocycles. The average Bonchev–Trinajstić information content (AvgIpc) is 2.70. The van der Waals surface area contributed by atoms with E-state index in [-0.39, 0.29) is 17.1 Å². The van der Waals surface area contributed by atoms with Crippen molar-refractivity contribution >= 4 is 17.5 Å². The Morgan fingerprint density at radius 2 is 1.59 bits per heavy atom. The first-order chi connectivity index (χ1) is 13.8. The number of halogens is 1. The van der Waals surface area contributed by atoms with Crippen molar-refractivity contribution < 1.29 is 9.18 Å². The predicted octanol–water partition coefficient (Wildman–Crippen LogP) is 4.63. The van der Waals surface area contributed by atoms with Gasteiger partial charge in [-0.25, -0.2) is 14.4 Å². The molecule has 0 aliphatic rings. The predicted molar refractivity (Wildman–Crippen MR) is 113 cm³/mol. The molecule has 0 saturated heterocycles. The van der Waals surface area contributed by atoms with Crippen molar-refractivity contribution in [3.63, 3.8) is 0 Å². The number of hydrogen-bond acceptors (Lipinski definition) is 4. The number of aromatic nitrogens is 2. The Bertz CT molecular complexity index is 946. The standard InChI is InChI=1S/C23H25FN4O/c1-23(2,3)18-6-10-20(11-7-18)28-22-26-14-17(15-27-22)21(29)25-13-12-16-4-8-19(24)9-5-16/h4-11,14-15H,12-13H2,1-3H3,(H,25,29)(H,26,27,28). The third kappa shape index (κ3) is 5.85. The van der Waals surface area contributed by atoms with Gasteiger partial charge in [0, 0.05) is 24.6 Å². The van der Waals surface area contributed by atoms with Crippen molar-refractivity contribution in [1.29, 1.82) is 0 Å². The fourth-order valence-electron chi connectivity index (χ4n) is 2.77. The molecule has 0 spiro atoms. The molecular weight excluding hydrogens is 367 g/mol. The second-order valence-electron chi connectivity index (χ2n) is 7.88. The molecule has 0 aliphatic carbocycles. The molecule has 1 heterocycles. The zero-order valence-electron chi connectivity index (χ0n) is 16.9. The molecule has 3 rings (SSSR count). The molecule has 3 aromatic rings. The maximum absolute atomic E-state index is 12.9. The fourth-order valence-corrected chi connectivity index (χ4v) is 2.77. The molecule has 2 N–H and O–H groups in total. The largest absolute Gasteiger partial charge is 0.352 e. The molecule has 0 saturated carbocycles. The summed E-state index contributed by atoms with van der Waals surface area (Å²) in [6, 6.07) is 14.4. The monoisotopic (exact) mass is 392 g/mol. The van der Waals surface area contributed by atoms with Crippen molar-refractivity contribution in [1.82, 2.24) is 15.3 Å². The third-order valence-corrected chi connectivity index (χ3v) is 4.53. The molecule has 2 aromatic carbocycles. The summed E-state index contributed by atoms with van der Waals surface area (Å²) in [4.78, 5) is 20.7. The molecule has 0 aliphatic heterocycles. The number of rotatable bonds is 6. The van der Waals surface area contributed by atoms with E-state index in [9.17, 15) is 9.18 Å². The van der Waals surface area contributed by atoms with Gasteiger partial charge in [0.25, 0.3) is 5.91 Å². The summed E-state index contributed by atoms with van der Waals surface area (Å²) in [6.07, 6.45) is 3.61. The van der Waals surface area contributed by atoms with Crippen molar-refractivity contribution in [3.8, 4) is 0 Å². The Balaban J connectivity index is 1.52. The van der Waals surface area contributed by atoms with Gasteiger partial charge in [-0.05, 0) is 47.2 Å². The molecule has 1 amide bonds. The van der Waals surface area contributed by atoms with E-state index in [2.05, 4.69) is 53.5 Å². The molecular formula is C23H25FN4O. The second-order valence-corrected chi connectivity index (χ2v) is 7.88. The van der Waals surface area contributed by atoms with Crippen LogP contribution < -0.4 is 10.6 Å². The molecule has 0 fully saturated rings. The van der Waals surface area contributed by atoms with Crippen LogP contribution in [0.15, 0.2) is 60.9 Å². The summed E-state index contributed by atoms with van der Waals surface area (Å²) >= 11 is 0. The highest BCUT2D eigenvalue weighted by atomic mass is 19.1. The number of hydrogen-bond donors (Lipinski definition) is 2. The van der Waals surface area contributed by atoms with E-state index in [0.29, 0.717) is 24.5 Å². The normalized spacial score (nSPS) is 11.2. The zero-order chi connectivity index (χ0) is 20.9. The van der Waals surface area contributed by atoms with Crippen LogP contribution in [0, 0.1) is 5.82 Å². The lowest BCUT2D eigenvalue weighted by molar-refractivity contribution is 0.0953. The summed E-state index contributed by atoms with van der Waals surface area (Å²) in [6.45, 7) is 6.95. The summed E-state index contributed by atoms with van der Waals surface area (Å²) in [5, 5.41) is 5.95. The fraction of sp³-hybridized carbons (Fsp3) is 0.261. The Kier molecular flexibility index (Phi) is 6.22. The molecule has 29 heavy (non-hydrogen) atoms. The first-order valence-corrected chi connectivity index (χ1v) is 9.53. The summed E-state index contributed by atoms with van der Waals surface area (Å²) in [5.74, 6) is -0.0849. The van der Waals surface area contributed by atoms with Crippen molar-refractivity contribution in [2.45, 2.75) is 32.6 Å². The van der Waals surface area contributed by atoms with Crippen molar-refractivity contribution in [3.05, 3.63) is 83.4 Å². The number of carbonyl (C=O) groups excluding carboxylic acids is 1. The minimum absolute atomic E-state index is 0.0980. The third-order valence-electron chi connectivity index (χ3n) is 4.53. The van der Waals surface area contributed by atoms with E-state index in [4.69, 9.17) is 0 Å². The molecule has 0 atom stereocenters. The summed E-state index contributed by atoms with van der Waals surface area (Å²) in [7, 11) is 0. The lowest BCUT2D eigenvalue weighted by Crippen LogP contribution is -2.26. The molecule has 0 radical (unpaired) electrons. The molecule has 5 nitrogen and oxygen atoms in total. The van der Waals surface area contributed by atoms with Gasteiger partial charge in [-0.15, -0.1) is 0 Å². The van der Waals surface area contributed by atoms with Crippen LogP contribution in [0.4, 0.5) is 16.0 Å². The lowest BCUT2D eigenvalue weighted by atomic mass is 9.87. The van der Waals surface area contributed by atoms with Crippen LogP contribution in [0.1, 0.15) is 42.3 Å². The van der Waals surface area contributed by atoms with E-state index < -0.39 is 0 Å². The van der Waals surface area contributed by atoms with Crippen LogP contribution in [0.2, 0.25) is 0 Å². The summed E-state index contributed by atoms with van der Waals surface area (Å²) < 4.78 is 12.9. The van der Waals surface area contributed by atoms with Gasteiger partial charge in [-0.1, -0.05) is 45.0 Å². The summed E-state index contributed by atoms with van der Waals surface area (Å²) in [5.41, 5.74) is 3.57. The maximum atomic E-state index is 12.9. The Morgan fingerprint density at radius 3 is 2.17 bits per heavy atom. The Morgan fingerprint density at radius 1 is 0.966 bits per heavy atom. The minimum atomic E-state index is -0.270. The number of nitrogens with one attached hydrogen (secondary N) is 2. The van der Waals surface area contributed by atoms with Gasteiger partial charge in [0.05, 0.1) is 5.56 Å². The average molecular weight is 392 g/mol. The van der Waals surface area contributed by atoms with E-state index in [1.807, 2.05) is 12.1 Å². The van der Waals surface area contributed by atoms with Crippen LogP contribution in [-0.4, -0.2) is 22.4 Å². The number of nitrogens with zero attached hydrogens (tertiary/aromatic N) is 2. The van der Waals surface area contributed by atoms with E-state index in [0.717, 1.165) is 11.3 Å². The van der Waals surface area contributed by atoms with E-state index in [1.165, 1.54) is 30.1 Å². The van der Waals surface area contributed by atoms with Gasteiger partial charge in [0.1, 0.15) is 5.82 Å². The number of benzene rings is 2. The Hall–Kier alpha value is -3.28. The quantitative estimate of drug-likeness (QED) is 0.642. The molecule has 0 unspecified atom stereocenters. The highest BCUT2D eigenvalue weighted by Gasteiger charge is 2.13. The highest BCUT2D eigenvalue weighted by molar-refractivity contribution is 5.93. The van der Waals surface area contributed by atoms with Crippen molar-refractivity contribution in [2.75, 3.05) is 11.9 Å². The lowest BCUT2D eigenvalue weighted by Gasteiger charge is -2.19. The molecule has 6 heteroatoms. The topological polar surface area (TPSA) is 66.9 Å². The van der Waals surface area contributed by atoms with E-state index in [1.54, 1.807) is 12.1 Å². The number of carbonyl (C=O) groups is 1. The van der Waals surface area contributed by atoms with Gasteiger partial charge in [0.2, 0.25) is 5.95 Å². The highest BCUT2D eigenvalue weighted by Crippen LogP contribution is 2.24. The van der Waals surface area contributed by atoms with Crippen LogP contribution in [0.3, 0.4) is 0 Å². The SMILES string of the molecule is CC(C)(C)c1ccc(Nc2ncc(C(=O)NCCc3ccc(F)cc3)cn2)cc1. The van der Waals surface area contributed by atoms with Crippen molar-refractivity contribution in [2.24, 2.45) is 0 Å². The Labute approximate surface area is 170 Å². The minimum Gasteiger partial charge on any atom is -0.352 e. The molecule has 0 bridgehead atoms. The first-order valence-electron chi connectivity index (χ1n) is 9.53. The first kappa shape index (κ1) is 20.5. The zero-order valence-corrected chi connectivity index (χ0v) is 16.9. The smallest absolute Gasteiger partial charge is 0.254 e. The molecule has 150 valence electrons. The number of anilines is 2. The van der Waals surface area contributed by atoms with Gasteiger partial charge in [-0.3, -0.25) is 4.79 Å². The maximum Gasteiger partial charge on any atom is 0.254 e. The van der Waals surface area contributed by atoms with Gasteiger partial charge >= 0.3 is 0 Å². The van der Waals surface area contributed by atoms with Gasteiger partial charge < -0.3 is 10.6 Å². The van der Waals surface area contributed by atoms with Gasteiger partial charge in [-0.2, -0.15) is 0 Å². The van der Waals surface area contributed by atoms with Gasteiger partial charge in [0.15, 0.2) is 0 Å². The van der Waals surface area contributed by atoms with Crippen LogP contribution in [-0.2, 0) is 11.8 Å². The van der Waals surface area contributed by atoms with Crippen LogP contribution in [0.5, 0.6) is 0 Å². The van der Waals surface area contributed by atoms with Crippen LogP contribution >= 0.6 is 0 Å². The van der Waals surface area contributed by atoms with Crippen LogP contribution in [0.25, 0.3) is 0 Å². The van der Waals surface area contributed by atoms with E-state index >= 15 is 0 Å².